The Hall–Kier alpha value is -1.13. The van der Waals surface area contributed by atoms with Crippen molar-refractivity contribution in [3.05, 3.63) is 34.6 Å². The molecule has 1 aromatic rings. The van der Waals surface area contributed by atoms with Crippen LogP contribution in [0.4, 0.5) is 4.39 Å². The van der Waals surface area contributed by atoms with Gasteiger partial charge in [-0.2, -0.15) is 0 Å². The fourth-order valence-corrected chi connectivity index (χ4v) is 2.99. The monoisotopic (exact) mass is 299 g/mol. The zero-order chi connectivity index (χ0) is 14.5. The van der Waals surface area contributed by atoms with Gasteiger partial charge in [0.2, 0.25) is 0 Å². The topological polar surface area (TPSA) is 40.5 Å². The molecule has 1 aliphatic rings. The van der Waals surface area contributed by atoms with E-state index in [9.17, 15) is 9.18 Å². The lowest BCUT2D eigenvalue weighted by Crippen LogP contribution is -2.35. The van der Waals surface area contributed by atoms with E-state index in [2.05, 4.69) is 4.90 Å². The minimum Gasteiger partial charge on any atom is -0.481 e. The summed E-state index contributed by atoms with van der Waals surface area (Å²) in [4.78, 5) is 12.8. The maximum Gasteiger partial charge on any atom is 0.303 e. The number of benzene rings is 1. The predicted molar refractivity (Wildman–Crippen MR) is 76.3 cm³/mol. The van der Waals surface area contributed by atoms with Gasteiger partial charge in [0.05, 0.1) is 0 Å². The Kier molecular flexibility index (Phi) is 5.38. The van der Waals surface area contributed by atoms with Gasteiger partial charge in [-0.3, -0.25) is 9.69 Å². The molecule has 1 aromatic carbocycles. The van der Waals surface area contributed by atoms with Crippen LogP contribution in [-0.2, 0) is 11.3 Å². The molecule has 110 valence electrons. The minimum atomic E-state index is -0.751. The second kappa shape index (κ2) is 7.04. The van der Waals surface area contributed by atoms with Crippen LogP contribution in [-0.4, -0.2) is 29.1 Å². The number of likely N-dealkylation sites (tertiary alicyclic amines) is 1. The first-order valence-corrected chi connectivity index (χ1v) is 7.31. The lowest BCUT2D eigenvalue weighted by molar-refractivity contribution is -0.137. The third-order valence-corrected chi connectivity index (χ3v) is 4.17. The van der Waals surface area contributed by atoms with E-state index in [1.165, 1.54) is 6.07 Å². The maximum absolute atomic E-state index is 13.8. The summed E-state index contributed by atoms with van der Waals surface area (Å²) in [7, 11) is 0. The molecule has 0 spiro atoms. The molecule has 0 radical (unpaired) electrons. The van der Waals surface area contributed by atoms with Crippen LogP contribution in [0.2, 0.25) is 5.02 Å². The van der Waals surface area contributed by atoms with E-state index >= 15 is 0 Å². The molecule has 3 nitrogen and oxygen atoms in total. The summed E-state index contributed by atoms with van der Waals surface area (Å²) in [6.45, 7) is 2.22. The van der Waals surface area contributed by atoms with Crippen LogP contribution in [0.1, 0.15) is 31.2 Å². The van der Waals surface area contributed by atoms with E-state index in [1.54, 1.807) is 12.1 Å². The average molecular weight is 300 g/mol. The Morgan fingerprint density at radius 3 is 3.00 bits per heavy atom. The Morgan fingerprint density at radius 2 is 2.30 bits per heavy atom. The van der Waals surface area contributed by atoms with Gasteiger partial charge in [0.25, 0.3) is 0 Å². The van der Waals surface area contributed by atoms with Crippen LogP contribution in [0.5, 0.6) is 0 Å². The van der Waals surface area contributed by atoms with Gasteiger partial charge >= 0.3 is 5.97 Å². The van der Waals surface area contributed by atoms with Crippen molar-refractivity contribution in [3.63, 3.8) is 0 Å². The Morgan fingerprint density at radius 1 is 1.50 bits per heavy atom. The standard InChI is InChI=1S/C15H19ClFNO2/c16-13-4-1-5-14(17)12(13)10-18-8-2-3-11(9-18)6-7-15(19)20/h1,4-5,11H,2-3,6-10H2,(H,19,20). The van der Waals surface area contributed by atoms with Gasteiger partial charge < -0.3 is 5.11 Å². The predicted octanol–water partition coefficient (Wildman–Crippen LogP) is 3.56. The summed E-state index contributed by atoms with van der Waals surface area (Å²) in [6, 6.07) is 4.73. The lowest BCUT2D eigenvalue weighted by atomic mass is 9.93. The number of carboxylic acids is 1. The molecule has 1 atom stereocenters. The van der Waals surface area contributed by atoms with Gasteiger partial charge in [0.15, 0.2) is 0 Å². The van der Waals surface area contributed by atoms with Gasteiger partial charge in [0, 0.05) is 30.1 Å². The van der Waals surface area contributed by atoms with Crippen molar-refractivity contribution in [2.75, 3.05) is 13.1 Å². The van der Waals surface area contributed by atoms with Crippen molar-refractivity contribution < 1.29 is 14.3 Å². The molecule has 2 rings (SSSR count). The highest BCUT2D eigenvalue weighted by Gasteiger charge is 2.22. The van der Waals surface area contributed by atoms with E-state index in [0.717, 1.165) is 25.9 Å². The number of aliphatic carboxylic acids is 1. The van der Waals surface area contributed by atoms with Gasteiger partial charge in [-0.05, 0) is 43.9 Å². The normalized spacial score (nSPS) is 20.0. The molecule has 0 aliphatic carbocycles. The Balaban J connectivity index is 1.94. The van der Waals surface area contributed by atoms with Crippen LogP contribution >= 0.6 is 11.6 Å². The fraction of sp³-hybridized carbons (Fsp3) is 0.533. The summed E-state index contributed by atoms with van der Waals surface area (Å²) in [5, 5.41) is 9.19. The number of piperidine rings is 1. The molecule has 1 aliphatic heterocycles. The first-order chi connectivity index (χ1) is 9.56. The summed E-state index contributed by atoms with van der Waals surface area (Å²) >= 11 is 6.04. The van der Waals surface area contributed by atoms with Crippen molar-refractivity contribution in [3.8, 4) is 0 Å². The SMILES string of the molecule is O=C(O)CCC1CCCN(Cc2c(F)cccc2Cl)C1. The van der Waals surface area contributed by atoms with E-state index in [1.807, 2.05) is 0 Å². The molecular weight excluding hydrogens is 281 g/mol. The van der Waals surface area contributed by atoms with Crippen molar-refractivity contribution in [1.82, 2.24) is 4.90 Å². The van der Waals surface area contributed by atoms with Crippen molar-refractivity contribution in [2.45, 2.75) is 32.2 Å². The summed E-state index contributed by atoms with van der Waals surface area (Å²) < 4.78 is 13.8. The molecule has 0 bridgehead atoms. The molecule has 1 fully saturated rings. The highest BCUT2D eigenvalue weighted by molar-refractivity contribution is 6.31. The van der Waals surface area contributed by atoms with Crippen LogP contribution in [0.25, 0.3) is 0 Å². The Bertz CT molecular complexity index is 461. The Labute approximate surface area is 123 Å². The smallest absolute Gasteiger partial charge is 0.303 e. The first kappa shape index (κ1) is 15.3. The fourth-order valence-electron chi connectivity index (χ4n) is 2.77. The number of carboxylic acid groups (broad SMARTS) is 1. The van der Waals surface area contributed by atoms with Crippen LogP contribution in [0, 0.1) is 11.7 Å². The van der Waals surface area contributed by atoms with Gasteiger partial charge in [-0.1, -0.05) is 17.7 Å². The van der Waals surface area contributed by atoms with E-state index in [0.29, 0.717) is 29.5 Å². The number of halogens is 2. The molecule has 1 saturated heterocycles. The quantitative estimate of drug-likeness (QED) is 0.904. The molecule has 0 amide bonds. The third kappa shape index (κ3) is 4.18. The van der Waals surface area contributed by atoms with Crippen LogP contribution < -0.4 is 0 Å². The maximum atomic E-state index is 13.8. The van der Waals surface area contributed by atoms with E-state index in [-0.39, 0.29) is 12.2 Å². The highest BCUT2D eigenvalue weighted by Crippen LogP contribution is 2.25. The van der Waals surface area contributed by atoms with Gasteiger partial charge in [-0.15, -0.1) is 0 Å². The molecule has 5 heteroatoms. The molecule has 0 aromatic heterocycles. The van der Waals surface area contributed by atoms with Crippen molar-refractivity contribution in [2.24, 2.45) is 5.92 Å². The second-order valence-electron chi connectivity index (χ2n) is 5.38. The molecule has 20 heavy (non-hydrogen) atoms. The minimum absolute atomic E-state index is 0.207. The number of hydrogen-bond acceptors (Lipinski definition) is 2. The summed E-state index contributed by atoms with van der Waals surface area (Å²) in [5.41, 5.74) is 0.535. The summed E-state index contributed by atoms with van der Waals surface area (Å²) in [5.74, 6) is -0.644. The van der Waals surface area contributed by atoms with E-state index < -0.39 is 5.97 Å². The average Bonchev–Trinajstić information content (AvgIpc) is 2.41. The highest BCUT2D eigenvalue weighted by atomic mass is 35.5. The number of rotatable bonds is 5. The third-order valence-electron chi connectivity index (χ3n) is 3.81. The molecule has 1 unspecified atom stereocenters. The lowest BCUT2D eigenvalue weighted by Gasteiger charge is -2.32. The molecular formula is C15H19ClFNO2. The van der Waals surface area contributed by atoms with Crippen molar-refractivity contribution >= 4 is 17.6 Å². The number of carbonyl (C=O) groups is 1. The zero-order valence-electron chi connectivity index (χ0n) is 11.3. The van der Waals surface area contributed by atoms with Crippen molar-refractivity contribution in [1.29, 1.82) is 0 Å². The number of hydrogen-bond donors (Lipinski definition) is 1. The molecule has 1 N–H and O–H groups in total. The summed E-state index contributed by atoms with van der Waals surface area (Å²) in [6.07, 6.45) is 2.97. The van der Waals surface area contributed by atoms with Crippen LogP contribution in [0.15, 0.2) is 18.2 Å². The first-order valence-electron chi connectivity index (χ1n) is 6.93. The van der Waals surface area contributed by atoms with Gasteiger partial charge in [-0.25, -0.2) is 4.39 Å². The van der Waals surface area contributed by atoms with E-state index in [4.69, 9.17) is 16.7 Å². The second-order valence-corrected chi connectivity index (χ2v) is 5.78. The molecule has 0 saturated carbocycles. The van der Waals surface area contributed by atoms with Gasteiger partial charge in [0.1, 0.15) is 5.82 Å². The van der Waals surface area contributed by atoms with Crippen LogP contribution in [0.3, 0.4) is 0 Å². The number of nitrogens with zero attached hydrogens (tertiary/aromatic N) is 1. The largest absolute Gasteiger partial charge is 0.481 e. The molecule has 1 heterocycles. The zero-order valence-corrected chi connectivity index (χ0v) is 12.1.